The molecule has 0 bridgehead atoms. The van der Waals surface area contributed by atoms with Crippen LogP contribution in [0.4, 0.5) is 24.8 Å². The van der Waals surface area contributed by atoms with Gasteiger partial charge in [0.25, 0.3) is 11.5 Å². The lowest BCUT2D eigenvalue weighted by Gasteiger charge is -2.24. The molecule has 6 N–H and O–H groups in total. The van der Waals surface area contributed by atoms with Crippen LogP contribution in [0.1, 0.15) is 21.6 Å². The number of fused-ring (bicyclic) bond motifs is 1. The summed E-state index contributed by atoms with van der Waals surface area (Å²) in [5.74, 6) is -4.68. The topological polar surface area (TPSA) is 204 Å². The average Bonchev–Trinajstić information content (AvgIpc) is 2.92. The van der Waals surface area contributed by atoms with Gasteiger partial charge in [-0.3, -0.25) is 24.3 Å². The van der Waals surface area contributed by atoms with Crippen LogP contribution in [-0.2, 0) is 22.6 Å². The predicted molar refractivity (Wildman–Crippen MR) is 137 cm³/mol. The molecule has 13 nitrogen and oxygen atoms in total. The number of aromatic nitrogens is 4. The highest BCUT2D eigenvalue weighted by atomic mass is 19.4. The molecule has 41 heavy (non-hydrogen) atoms. The number of aliphatic carboxylic acids is 1. The minimum Gasteiger partial charge on any atom is -0.508 e. The summed E-state index contributed by atoms with van der Waals surface area (Å²) in [6.07, 6.45) is -4.35. The number of anilines is 2. The average molecular weight is 589 g/mol. The molecular formula is C25H20F3N7O6. The van der Waals surface area contributed by atoms with Crippen LogP contribution in [0.25, 0.3) is 11.2 Å². The predicted octanol–water partition coefficient (Wildman–Crippen LogP) is 1.52. The molecule has 0 fully saturated rings. The van der Waals surface area contributed by atoms with Gasteiger partial charge in [-0.1, -0.05) is 12.1 Å². The molecule has 16 heteroatoms. The highest BCUT2D eigenvalue weighted by molar-refractivity contribution is 5.99. The molecule has 4 aromatic rings. The molecule has 0 radical (unpaired) electrons. The van der Waals surface area contributed by atoms with Crippen molar-refractivity contribution in [3.8, 4) is 5.75 Å². The molecule has 2 amide bonds. The van der Waals surface area contributed by atoms with Gasteiger partial charge in [0.15, 0.2) is 11.2 Å². The summed E-state index contributed by atoms with van der Waals surface area (Å²) in [4.78, 5) is 62.9. The van der Waals surface area contributed by atoms with Crippen LogP contribution in [0.2, 0.25) is 0 Å². The number of nitrogens with two attached hydrogens (primary N) is 1. The maximum Gasteiger partial charge on any atom is 0.471 e. The number of aromatic amines is 1. The number of carboxylic acids is 1. The van der Waals surface area contributed by atoms with Crippen LogP contribution in [0.5, 0.6) is 5.75 Å². The minimum absolute atomic E-state index is 0.0219. The zero-order valence-electron chi connectivity index (χ0n) is 20.7. The summed E-state index contributed by atoms with van der Waals surface area (Å²) in [6.45, 7) is -0.746. The summed E-state index contributed by atoms with van der Waals surface area (Å²) in [6, 6.07) is 8.70. The van der Waals surface area contributed by atoms with E-state index in [0.29, 0.717) is 10.5 Å². The fourth-order valence-electron chi connectivity index (χ4n) is 3.74. The number of amides is 2. The first-order chi connectivity index (χ1) is 19.3. The number of nitrogens with zero attached hydrogens (tertiary/aromatic N) is 4. The van der Waals surface area contributed by atoms with Crippen LogP contribution < -0.4 is 21.5 Å². The van der Waals surface area contributed by atoms with Crippen molar-refractivity contribution in [2.75, 3.05) is 10.6 Å². The quantitative estimate of drug-likeness (QED) is 0.200. The second-order valence-electron chi connectivity index (χ2n) is 8.66. The monoisotopic (exact) mass is 589 g/mol. The van der Waals surface area contributed by atoms with E-state index in [-0.39, 0.29) is 46.2 Å². The lowest BCUT2D eigenvalue weighted by atomic mass is 10.1. The Balaban J connectivity index is 1.57. The Bertz CT molecular complexity index is 1670. The second-order valence-corrected chi connectivity index (χ2v) is 8.66. The number of nitrogen functional groups attached to an aromatic ring is 1. The maximum absolute atomic E-state index is 13.4. The fraction of sp³-hybridized carbons (Fsp3) is 0.160. The van der Waals surface area contributed by atoms with Crippen LogP contribution in [0.3, 0.4) is 0 Å². The number of halogens is 3. The highest BCUT2D eigenvalue weighted by Gasteiger charge is 2.43. The molecule has 0 aliphatic rings. The summed E-state index contributed by atoms with van der Waals surface area (Å²) in [5.41, 5.74) is 4.19. The summed E-state index contributed by atoms with van der Waals surface area (Å²) >= 11 is 0. The van der Waals surface area contributed by atoms with Crippen molar-refractivity contribution in [2.45, 2.75) is 25.2 Å². The van der Waals surface area contributed by atoms with Crippen molar-refractivity contribution in [3.05, 3.63) is 81.9 Å². The molecule has 1 atom stereocenters. The number of carbonyl (C=O) groups excluding carboxylic acids is 2. The SMILES string of the molecule is Nc1nc2ncc(CN(C(=O)C(F)(F)F)c3ccc(C(=O)N[14C@@H]([14CH2][14c]4[14cH][14cH][14c](O)[14cH][14cH]4)[14C](=O)O)cc3)nc2c(=O)[nH]1. The third-order valence-corrected chi connectivity index (χ3v) is 5.71. The largest absolute Gasteiger partial charge is 0.508 e. The number of hydrogen-bond donors (Lipinski definition) is 5. The Labute approximate surface area is 227 Å². The van der Waals surface area contributed by atoms with E-state index in [9.17, 15) is 42.6 Å². The van der Waals surface area contributed by atoms with Crippen LogP contribution >= 0.6 is 0 Å². The number of rotatable bonds is 8. The van der Waals surface area contributed by atoms with E-state index < -0.39 is 42.1 Å². The van der Waals surface area contributed by atoms with E-state index in [4.69, 9.17) is 5.73 Å². The number of phenols is 1. The molecule has 2 aromatic carbocycles. The molecule has 2 heterocycles. The van der Waals surface area contributed by atoms with Gasteiger partial charge in [0, 0.05) is 17.7 Å². The Morgan fingerprint density at radius 2 is 1.85 bits per heavy atom. The first-order valence-electron chi connectivity index (χ1n) is 11.6. The van der Waals surface area contributed by atoms with Gasteiger partial charge >= 0.3 is 18.1 Å². The minimum atomic E-state index is -5.28. The van der Waals surface area contributed by atoms with Crippen molar-refractivity contribution in [2.24, 2.45) is 0 Å². The standard InChI is InChI=1S/C25H20F3N7O6/c26-25(27,28)23(41)35(11-14-10-30-19-18(31-14)21(38)34-24(29)33-19)15-5-3-13(4-6-15)20(37)32-17(22(39)40)9-12-1-7-16(36)8-2-12/h1-8,10,17,36H,9,11H2,(H,32,37)(H,39,40)(H3,29,30,33,34,38)/t17-/m0/s1/i1+2,2+2,7+2,8+2,9+2,12+2,16+2,17+2,22+2. The van der Waals surface area contributed by atoms with Gasteiger partial charge in [0.05, 0.1) is 18.4 Å². The first kappa shape index (κ1) is 28.5. The van der Waals surface area contributed by atoms with E-state index in [2.05, 4.69) is 25.3 Å². The van der Waals surface area contributed by atoms with Crippen LogP contribution in [-0.4, -0.2) is 60.2 Å². The normalized spacial score (nSPS) is 12.1. The number of hydrogen-bond acceptors (Lipinski definition) is 9. The van der Waals surface area contributed by atoms with E-state index in [1.165, 1.54) is 24.3 Å². The number of H-pyrrole nitrogens is 1. The van der Waals surface area contributed by atoms with E-state index in [0.717, 1.165) is 30.5 Å². The fourth-order valence-corrected chi connectivity index (χ4v) is 3.74. The third kappa shape index (κ3) is 6.73. The Morgan fingerprint density at radius 1 is 1.20 bits per heavy atom. The maximum atomic E-state index is 13.4. The van der Waals surface area contributed by atoms with Gasteiger partial charge in [-0.25, -0.2) is 14.8 Å². The van der Waals surface area contributed by atoms with Gasteiger partial charge in [-0.15, -0.1) is 0 Å². The molecular weight excluding hydrogens is 569 g/mol. The second kappa shape index (κ2) is 11.3. The Morgan fingerprint density at radius 3 is 2.46 bits per heavy atom. The van der Waals surface area contributed by atoms with E-state index in [1.54, 1.807) is 0 Å². The number of carboxylic acid groups (broad SMARTS) is 1. The number of nitrogens with one attached hydrogen (secondary N) is 2. The van der Waals surface area contributed by atoms with Gasteiger partial charge < -0.3 is 21.3 Å². The molecule has 0 unspecified atom stereocenters. The molecule has 0 saturated heterocycles. The number of benzene rings is 2. The van der Waals surface area contributed by atoms with Gasteiger partial charge in [-0.05, 0) is 42.0 Å². The Hall–Kier alpha value is -5.54. The zero-order valence-corrected chi connectivity index (χ0v) is 20.7. The molecule has 0 spiro atoms. The summed E-state index contributed by atoms with van der Waals surface area (Å²) < 4.78 is 40.3. The Kier molecular flexibility index (Phi) is 7.84. The first-order valence-corrected chi connectivity index (χ1v) is 11.6. The third-order valence-electron chi connectivity index (χ3n) is 5.71. The van der Waals surface area contributed by atoms with Crippen molar-refractivity contribution >= 4 is 40.6 Å². The zero-order chi connectivity index (χ0) is 29.9. The number of phenolic OH excluding ortho intramolecular Hbond substituents is 1. The lowest BCUT2D eigenvalue weighted by Crippen LogP contribution is -2.42. The van der Waals surface area contributed by atoms with Crippen LogP contribution in [0, 0.1) is 0 Å². The highest BCUT2D eigenvalue weighted by Crippen LogP contribution is 2.26. The smallest absolute Gasteiger partial charge is 0.471 e. The van der Waals surface area contributed by atoms with Crippen molar-refractivity contribution < 1.29 is 37.8 Å². The summed E-state index contributed by atoms with van der Waals surface area (Å²) in [5, 5.41) is 21.2. The van der Waals surface area contributed by atoms with Gasteiger partial charge in [0.2, 0.25) is 5.95 Å². The summed E-state index contributed by atoms with van der Waals surface area (Å²) in [7, 11) is 0. The number of aromatic hydroxyl groups is 1. The lowest BCUT2D eigenvalue weighted by molar-refractivity contribution is -0.170. The van der Waals surface area contributed by atoms with Gasteiger partial charge in [-0.2, -0.15) is 18.2 Å². The number of carbonyl (C=O) groups is 3. The van der Waals surface area contributed by atoms with E-state index >= 15 is 0 Å². The van der Waals surface area contributed by atoms with Crippen molar-refractivity contribution in [1.29, 1.82) is 0 Å². The molecule has 4 rings (SSSR count). The number of alkyl halides is 3. The van der Waals surface area contributed by atoms with Crippen molar-refractivity contribution in [1.82, 2.24) is 25.3 Å². The van der Waals surface area contributed by atoms with E-state index in [1.807, 2.05) is 0 Å². The molecule has 2 aromatic heterocycles. The van der Waals surface area contributed by atoms with Gasteiger partial charge in [0.1, 0.15) is 11.8 Å². The molecule has 0 saturated carbocycles. The molecule has 0 aliphatic heterocycles. The molecule has 0 aliphatic carbocycles. The van der Waals surface area contributed by atoms with Crippen LogP contribution in [0.15, 0.2) is 59.5 Å². The van der Waals surface area contributed by atoms with Crippen molar-refractivity contribution in [3.63, 3.8) is 0 Å². The molecule has 212 valence electrons.